The zero-order chi connectivity index (χ0) is 22.6. The molecule has 0 heterocycles. The number of rotatable bonds is 10. The molecule has 0 aromatic heterocycles. The van der Waals surface area contributed by atoms with Gasteiger partial charge >= 0.3 is 5.97 Å². The van der Waals surface area contributed by atoms with Crippen LogP contribution in [0.3, 0.4) is 0 Å². The van der Waals surface area contributed by atoms with E-state index in [1.54, 1.807) is 37.3 Å². The molecule has 0 spiro atoms. The molecule has 31 heavy (non-hydrogen) atoms. The van der Waals surface area contributed by atoms with E-state index in [-0.39, 0.29) is 18.8 Å². The van der Waals surface area contributed by atoms with Gasteiger partial charge in [-0.1, -0.05) is 25.1 Å². The molecule has 0 aliphatic carbocycles. The number of amides is 1. The van der Waals surface area contributed by atoms with Crippen molar-refractivity contribution in [2.45, 2.75) is 27.2 Å². The van der Waals surface area contributed by atoms with Gasteiger partial charge in [-0.05, 0) is 61.7 Å². The minimum atomic E-state index is -0.507. The standard InChI is InChI=1S/C24H26N2O5/c1-4-17-7-10-20(11-8-17)26-24(28)19(15-25)13-18-9-12-21(22(14-18)29-5-2)31-16-23(27)30-6-3/h7-14H,4-6,16H2,1-3H3,(H,26,28)/b19-13+. The molecule has 0 unspecified atom stereocenters. The second kappa shape index (κ2) is 12.0. The molecule has 1 N–H and O–H groups in total. The van der Waals surface area contributed by atoms with E-state index >= 15 is 0 Å². The first kappa shape index (κ1) is 23.5. The van der Waals surface area contributed by atoms with Gasteiger partial charge in [0.1, 0.15) is 11.6 Å². The van der Waals surface area contributed by atoms with Crippen LogP contribution in [-0.2, 0) is 20.7 Å². The smallest absolute Gasteiger partial charge is 0.344 e. The summed E-state index contributed by atoms with van der Waals surface area (Å²) < 4.78 is 15.9. The van der Waals surface area contributed by atoms with Gasteiger partial charge in [0.25, 0.3) is 5.91 Å². The summed E-state index contributed by atoms with van der Waals surface area (Å²) >= 11 is 0. The average molecular weight is 422 g/mol. The fourth-order valence-corrected chi connectivity index (χ4v) is 2.68. The molecule has 0 saturated carbocycles. The van der Waals surface area contributed by atoms with Crippen molar-refractivity contribution in [1.82, 2.24) is 0 Å². The normalized spacial score (nSPS) is 10.7. The minimum Gasteiger partial charge on any atom is -0.490 e. The van der Waals surface area contributed by atoms with Crippen LogP contribution in [0.1, 0.15) is 31.9 Å². The molecular weight excluding hydrogens is 396 g/mol. The predicted molar refractivity (Wildman–Crippen MR) is 118 cm³/mol. The monoisotopic (exact) mass is 422 g/mol. The van der Waals surface area contributed by atoms with Gasteiger partial charge in [0.15, 0.2) is 18.1 Å². The summed E-state index contributed by atoms with van der Waals surface area (Å²) in [5, 5.41) is 12.2. The zero-order valence-corrected chi connectivity index (χ0v) is 17.9. The molecule has 7 heteroatoms. The SMILES string of the molecule is CCOC(=O)COc1ccc(/C=C(\C#N)C(=O)Nc2ccc(CC)cc2)cc1OCC. The lowest BCUT2D eigenvalue weighted by Crippen LogP contribution is -2.15. The first-order chi connectivity index (χ1) is 15.0. The summed E-state index contributed by atoms with van der Waals surface area (Å²) in [6.07, 6.45) is 2.37. The van der Waals surface area contributed by atoms with E-state index in [0.717, 1.165) is 12.0 Å². The number of anilines is 1. The Morgan fingerprint density at radius 3 is 2.35 bits per heavy atom. The van der Waals surface area contributed by atoms with Crippen LogP contribution >= 0.6 is 0 Å². The Morgan fingerprint density at radius 1 is 1.00 bits per heavy atom. The first-order valence-corrected chi connectivity index (χ1v) is 10.1. The van der Waals surface area contributed by atoms with Crippen molar-refractivity contribution < 1.29 is 23.8 Å². The molecule has 0 aliphatic rings. The van der Waals surface area contributed by atoms with Gasteiger partial charge in [-0.15, -0.1) is 0 Å². The Balaban J connectivity index is 2.17. The summed E-state index contributed by atoms with van der Waals surface area (Å²) in [5.41, 5.74) is 2.30. The predicted octanol–water partition coefficient (Wildman–Crippen LogP) is 4.14. The molecule has 7 nitrogen and oxygen atoms in total. The fraction of sp³-hybridized carbons (Fsp3) is 0.292. The summed E-state index contributed by atoms with van der Waals surface area (Å²) in [4.78, 5) is 24.0. The van der Waals surface area contributed by atoms with Crippen LogP contribution in [0.15, 0.2) is 48.0 Å². The second-order valence-corrected chi connectivity index (χ2v) is 6.41. The van der Waals surface area contributed by atoms with E-state index in [4.69, 9.17) is 14.2 Å². The number of hydrogen-bond acceptors (Lipinski definition) is 6. The number of hydrogen-bond donors (Lipinski definition) is 1. The Bertz CT molecular complexity index is 974. The van der Waals surface area contributed by atoms with Gasteiger partial charge in [0.2, 0.25) is 0 Å². The number of carbonyl (C=O) groups is 2. The third-order valence-corrected chi connectivity index (χ3v) is 4.21. The number of carbonyl (C=O) groups excluding carboxylic acids is 2. The van der Waals surface area contributed by atoms with Gasteiger partial charge in [0.05, 0.1) is 13.2 Å². The molecule has 1 amide bonds. The van der Waals surface area contributed by atoms with Gasteiger partial charge in [-0.2, -0.15) is 5.26 Å². The highest BCUT2D eigenvalue weighted by molar-refractivity contribution is 6.09. The number of ether oxygens (including phenoxy) is 3. The lowest BCUT2D eigenvalue weighted by molar-refractivity contribution is -0.145. The lowest BCUT2D eigenvalue weighted by Gasteiger charge is -2.12. The maximum Gasteiger partial charge on any atom is 0.344 e. The maximum atomic E-state index is 12.5. The third-order valence-electron chi connectivity index (χ3n) is 4.21. The van der Waals surface area contributed by atoms with Crippen LogP contribution < -0.4 is 14.8 Å². The fourth-order valence-electron chi connectivity index (χ4n) is 2.68. The Labute approximate surface area is 182 Å². The zero-order valence-electron chi connectivity index (χ0n) is 17.9. The van der Waals surface area contributed by atoms with Crippen molar-refractivity contribution in [3.05, 3.63) is 59.2 Å². The molecule has 2 aromatic carbocycles. The molecule has 0 saturated heterocycles. The highest BCUT2D eigenvalue weighted by Gasteiger charge is 2.13. The van der Waals surface area contributed by atoms with Crippen molar-refractivity contribution in [1.29, 1.82) is 5.26 Å². The molecule has 2 aromatic rings. The van der Waals surface area contributed by atoms with Crippen molar-refractivity contribution in [2.24, 2.45) is 0 Å². The molecule has 0 fully saturated rings. The van der Waals surface area contributed by atoms with Crippen molar-refractivity contribution in [3.8, 4) is 17.6 Å². The highest BCUT2D eigenvalue weighted by Crippen LogP contribution is 2.29. The number of aryl methyl sites for hydroxylation is 1. The molecule has 162 valence electrons. The van der Waals surface area contributed by atoms with E-state index in [2.05, 4.69) is 5.32 Å². The van der Waals surface area contributed by atoms with E-state index in [0.29, 0.717) is 29.4 Å². The number of nitrogens with zero attached hydrogens (tertiary/aromatic N) is 1. The first-order valence-electron chi connectivity index (χ1n) is 10.1. The molecule has 0 aliphatic heterocycles. The van der Waals surface area contributed by atoms with Crippen molar-refractivity contribution in [2.75, 3.05) is 25.1 Å². The molecular formula is C24H26N2O5. The molecule has 0 bridgehead atoms. The second-order valence-electron chi connectivity index (χ2n) is 6.41. The van der Waals surface area contributed by atoms with Crippen molar-refractivity contribution >= 4 is 23.6 Å². The minimum absolute atomic E-state index is 0.0535. The number of esters is 1. The largest absolute Gasteiger partial charge is 0.490 e. The van der Waals surface area contributed by atoms with Gasteiger partial charge in [-0.3, -0.25) is 4.79 Å². The van der Waals surface area contributed by atoms with E-state index in [1.807, 2.05) is 32.0 Å². The molecule has 0 radical (unpaired) electrons. The summed E-state index contributed by atoms with van der Waals surface area (Å²) in [7, 11) is 0. The quantitative estimate of drug-likeness (QED) is 0.351. The average Bonchev–Trinajstić information content (AvgIpc) is 2.77. The van der Waals surface area contributed by atoms with E-state index in [9.17, 15) is 14.9 Å². The van der Waals surface area contributed by atoms with Crippen molar-refractivity contribution in [3.63, 3.8) is 0 Å². The van der Waals surface area contributed by atoms with Crippen LogP contribution in [0.4, 0.5) is 5.69 Å². The number of nitrogens with one attached hydrogen (secondary N) is 1. The van der Waals surface area contributed by atoms with Gasteiger partial charge < -0.3 is 19.5 Å². The number of benzene rings is 2. The lowest BCUT2D eigenvalue weighted by atomic mass is 10.1. The third kappa shape index (κ3) is 7.19. The number of nitriles is 1. The van der Waals surface area contributed by atoms with Gasteiger partial charge in [0, 0.05) is 5.69 Å². The van der Waals surface area contributed by atoms with Crippen LogP contribution in [0.25, 0.3) is 6.08 Å². The van der Waals surface area contributed by atoms with Crippen LogP contribution in [0.5, 0.6) is 11.5 Å². The summed E-state index contributed by atoms with van der Waals surface area (Å²) in [6, 6.07) is 14.3. The molecule has 0 atom stereocenters. The Hall–Kier alpha value is -3.79. The van der Waals surface area contributed by atoms with E-state index in [1.165, 1.54) is 6.08 Å². The highest BCUT2D eigenvalue weighted by atomic mass is 16.6. The topological polar surface area (TPSA) is 97.7 Å². The maximum absolute atomic E-state index is 12.5. The van der Waals surface area contributed by atoms with Crippen LogP contribution in [0, 0.1) is 11.3 Å². The van der Waals surface area contributed by atoms with Crippen LogP contribution in [0.2, 0.25) is 0 Å². The van der Waals surface area contributed by atoms with Gasteiger partial charge in [-0.25, -0.2) is 4.79 Å². The Morgan fingerprint density at radius 2 is 1.74 bits per heavy atom. The molecule has 2 rings (SSSR count). The van der Waals surface area contributed by atoms with Crippen LogP contribution in [-0.4, -0.2) is 31.7 Å². The van der Waals surface area contributed by atoms with E-state index < -0.39 is 11.9 Å². The Kier molecular flexibility index (Phi) is 9.12. The summed E-state index contributed by atoms with van der Waals surface area (Å²) in [5.74, 6) is -0.226. The summed E-state index contributed by atoms with van der Waals surface area (Å²) in [6.45, 7) is 5.98.